The molecule has 1 aliphatic carbocycles. The van der Waals surface area contributed by atoms with E-state index in [9.17, 15) is 4.39 Å². The number of hydrogen-bond acceptors (Lipinski definition) is 0. The Hall–Kier alpha value is -1.41. The van der Waals surface area contributed by atoms with E-state index in [4.69, 9.17) is 0 Å². The van der Waals surface area contributed by atoms with Gasteiger partial charge in [-0.15, -0.1) is 0 Å². The van der Waals surface area contributed by atoms with Crippen LogP contribution in [0.2, 0.25) is 18.1 Å². The van der Waals surface area contributed by atoms with E-state index in [2.05, 4.69) is 37.3 Å². The molecule has 1 heterocycles. The lowest BCUT2D eigenvalue weighted by Gasteiger charge is -2.38. The predicted octanol–water partition coefficient (Wildman–Crippen LogP) is 8.08. The van der Waals surface area contributed by atoms with E-state index in [0.717, 1.165) is 11.8 Å². The van der Waals surface area contributed by atoms with Gasteiger partial charge in [-0.05, 0) is 72.3 Å². The molecular weight excluding hydrogens is 359 g/mol. The molecule has 0 aromatic heterocycles. The van der Waals surface area contributed by atoms with Crippen LogP contribution in [0.3, 0.4) is 0 Å². The van der Waals surface area contributed by atoms with Crippen LogP contribution in [0.25, 0.3) is 11.1 Å². The Bertz CT molecular complexity index is 740. The summed E-state index contributed by atoms with van der Waals surface area (Å²) in [6.45, 7) is 2.35. The Kier molecular flexibility index (Phi) is 6.67. The van der Waals surface area contributed by atoms with Crippen LogP contribution in [0.4, 0.5) is 4.39 Å². The van der Waals surface area contributed by atoms with E-state index in [1.54, 1.807) is 18.2 Å². The molecule has 2 aromatic rings. The third-order valence-corrected chi connectivity index (χ3v) is 10.5. The van der Waals surface area contributed by atoms with Crippen LogP contribution in [0, 0.1) is 17.7 Å². The van der Waals surface area contributed by atoms with Crippen molar-refractivity contribution in [2.24, 2.45) is 11.8 Å². The minimum absolute atomic E-state index is 0.00467. The van der Waals surface area contributed by atoms with Crippen LogP contribution >= 0.6 is 0 Å². The summed E-state index contributed by atoms with van der Waals surface area (Å²) in [4.78, 5) is 0. The average molecular weight is 394 g/mol. The zero-order valence-corrected chi connectivity index (χ0v) is 18.3. The van der Waals surface area contributed by atoms with Gasteiger partial charge < -0.3 is 0 Å². The van der Waals surface area contributed by atoms with Crippen molar-refractivity contribution in [1.29, 1.82) is 0 Å². The fraction of sp³-hybridized carbons (Fsp3) is 0.538. The second kappa shape index (κ2) is 9.39. The van der Waals surface area contributed by atoms with Gasteiger partial charge in [0.1, 0.15) is 5.82 Å². The molecule has 0 amide bonds. The van der Waals surface area contributed by atoms with Gasteiger partial charge in [-0.3, -0.25) is 0 Å². The van der Waals surface area contributed by atoms with E-state index in [0.29, 0.717) is 5.92 Å². The minimum Gasteiger partial charge on any atom is -0.207 e. The van der Waals surface area contributed by atoms with Crippen molar-refractivity contribution >= 4 is 8.80 Å². The summed E-state index contributed by atoms with van der Waals surface area (Å²) in [6, 6.07) is 20.6. The van der Waals surface area contributed by atoms with Crippen LogP contribution in [-0.4, -0.2) is 8.80 Å². The van der Waals surface area contributed by atoms with E-state index in [1.165, 1.54) is 67.7 Å². The first-order valence-corrected chi connectivity index (χ1v) is 13.5. The molecule has 4 rings (SSSR count). The molecule has 1 saturated heterocycles. The zero-order chi connectivity index (χ0) is 19.3. The quantitative estimate of drug-likeness (QED) is 0.450. The molecule has 2 fully saturated rings. The van der Waals surface area contributed by atoms with E-state index >= 15 is 0 Å². The van der Waals surface area contributed by atoms with Crippen molar-refractivity contribution in [3.8, 4) is 11.1 Å². The van der Waals surface area contributed by atoms with Crippen molar-refractivity contribution in [3.05, 3.63) is 59.9 Å². The summed E-state index contributed by atoms with van der Waals surface area (Å²) in [6.07, 6.45) is 9.54. The molecule has 2 aliphatic rings. The highest BCUT2D eigenvalue weighted by atomic mass is 28.3. The number of halogens is 1. The SMILES string of the molecule is CCC[Si]1CCC(C2CCC(c3cc(F)ccc3-c3ccccc3)CC2)CC1. The molecule has 1 radical (unpaired) electrons. The fourth-order valence-electron chi connectivity index (χ4n) is 5.78. The van der Waals surface area contributed by atoms with Gasteiger partial charge in [0.15, 0.2) is 0 Å². The smallest absolute Gasteiger partial charge is 0.123 e. The molecule has 2 heteroatoms. The van der Waals surface area contributed by atoms with Gasteiger partial charge in [0.25, 0.3) is 0 Å². The Labute approximate surface area is 172 Å². The summed E-state index contributed by atoms with van der Waals surface area (Å²) >= 11 is 0. The molecule has 0 bridgehead atoms. The number of hydrogen-bond donors (Lipinski definition) is 0. The predicted molar refractivity (Wildman–Crippen MR) is 120 cm³/mol. The van der Waals surface area contributed by atoms with Gasteiger partial charge in [0.05, 0.1) is 0 Å². The van der Waals surface area contributed by atoms with Crippen LogP contribution in [0.15, 0.2) is 48.5 Å². The largest absolute Gasteiger partial charge is 0.207 e. The first-order chi connectivity index (χ1) is 13.7. The molecule has 0 N–H and O–H groups in total. The Balaban J connectivity index is 1.41. The molecule has 0 unspecified atom stereocenters. The highest BCUT2D eigenvalue weighted by Gasteiger charge is 2.32. The van der Waals surface area contributed by atoms with Crippen molar-refractivity contribution in [3.63, 3.8) is 0 Å². The molecule has 0 nitrogen and oxygen atoms in total. The molecule has 28 heavy (non-hydrogen) atoms. The van der Waals surface area contributed by atoms with Gasteiger partial charge in [0.2, 0.25) is 0 Å². The average Bonchev–Trinajstić information content (AvgIpc) is 2.75. The highest BCUT2D eigenvalue weighted by molar-refractivity contribution is 6.58. The lowest BCUT2D eigenvalue weighted by molar-refractivity contribution is 0.216. The van der Waals surface area contributed by atoms with Gasteiger partial charge >= 0.3 is 0 Å². The first-order valence-electron chi connectivity index (χ1n) is 11.4. The summed E-state index contributed by atoms with van der Waals surface area (Å²) in [7, 11) is -0.00467. The second-order valence-electron chi connectivity index (χ2n) is 9.05. The fourth-order valence-corrected chi connectivity index (χ4v) is 8.79. The van der Waals surface area contributed by atoms with Crippen molar-refractivity contribution in [1.82, 2.24) is 0 Å². The molecule has 0 spiro atoms. The Morgan fingerprint density at radius 2 is 1.54 bits per heavy atom. The van der Waals surface area contributed by atoms with Gasteiger partial charge in [-0.1, -0.05) is 80.7 Å². The standard InChI is InChI=1S/C26H34FSi/c1-2-16-28-17-14-21(15-18-28)20-8-10-23(11-9-20)26-19-24(27)12-13-25(26)22-6-4-3-5-7-22/h3-7,12-13,19-21,23H,2,8-11,14-18H2,1H3. The molecule has 1 saturated carbocycles. The monoisotopic (exact) mass is 393 g/mol. The van der Waals surface area contributed by atoms with Gasteiger partial charge in [-0.2, -0.15) is 0 Å². The van der Waals surface area contributed by atoms with Crippen LogP contribution in [-0.2, 0) is 0 Å². The van der Waals surface area contributed by atoms with E-state index < -0.39 is 0 Å². The van der Waals surface area contributed by atoms with E-state index in [-0.39, 0.29) is 14.6 Å². The second-order valence-corrected chi connectivity index (χ2v) is 12.0. The summed E-state index contributed by atoms with van der Waals surface area (Å²) in [5.74, 6) is 2.34. The lowest BCUT2D eigenvalue weighted by atomic mass is 9.71. The van der Waals surface area contributed by atoms with Crippen molar-refractivity contribution in [2.45, 2.75) is 75.9 Å². The van der Waals surface area contributed by atoms with Crippen LogP contribution in [0.1, 0.15) is 63.4 Å². The number of rotatable bonds is 5. The molecule has 2 aromatic carbocycles. The molecule has 0 atom stereocenters. The molecular formula is C26H34FSi. The van der Waals surface area contributed by atoms with Gasteiger partial charge in [-0.25, -0.2) is 4.39 Å². The third kappa shape index (κ3) is 4.59. The van der Waals surface area contributed by atoms with Crippen LogP contribution in [0.5, 0.6) is 0 Å². The van der Waals surface area contributed by atoms with Gasteiger partial charge in [0, 0.05) is 8.80 Å². The normalized spacial score (nSPS) is 24.4. The molecule has 149 valence electrons. The number of benzene rings is 2. The summed E-state index contributed by atoms with van der Waals surface area (Å²) < 4.78 is 14.1. The first kappa shape index (κ1) is 19.9. The maximum Gasteiger partial charge on any atom is 0.123 e. The minimum atomic E-state index is -0.0883. The van der Waals surface area contributed by atoms with Crippen molar-refractivity contribution in [2.75, 3.05) is 0 Å². The Morgan fingerprint density at radius 1 is 0.857 bits per heavy atom. The maximum atomic E-state index is 14.1. The molecule has 1 aliphatic heterocycles. The van der Waals surface area contributed by atoms with E-state index in [1.807, 2.05) is 12.1 Å². The summed E-state index contributed by atoms with van der Waals surface area (Å²) in [5.41, 5.74) is 3.69. The lowest BCUT2D eigenvalue weighted by Crippen LogP contribution is -2.28. The zero-order valence-electron chi connectivity index (χ0n) is 17.3. The summed E-state index contributed by atoms with van der Waals surface area (Å²) in [5, 5.41) is 0. The highest BCUT2D eigenvalue weighted by Crippen LogP contribution is 2.45. The topological polar surface area (TPSA) is 0 Å². The van der Waals surface area contributed by atoms with Crippen LogP contribution < -0.4 is 0 Å². The maximum absolute atomic E-state index is 14.1. The Morgan fingerprint density at radius 3 is 2.21 bits per heavy atom. The van der Waals surface area contributed by atoms with Crippen molar-refractivity contribution < 1.29 is 4.39 Å². The third-order valence-electron chi connectivity index (χ3n) is 7.32.